The first-order valence-corrected chi connectivity index (χ1v) is 11.2. The van der Waals surface area contributed by atoms with Crippen molar-refractivity contribution in [2.75, 3.05) is 18.2 Å². The molecule has 0 fully saturated rings. The van der Waals surface area contributed by atoms with Crippen molar-refractivity contribution >= 4 is 45.3 Å². The molecule has 1 aliphatic heterocycles. The number of aromatic hydroxyl groups is 1. The smallest absolute Gasteiger partial charge is 0.338 e. The molecule has 0 saturated carbocycles. The van der Waals surface area contributed by atoms with Gasteiger partial charge in [0.15, 0.2) is 11.5 Å². The molecule has 1 amide bonds. The van der Waals surface area contributed by atoms with E-state index in [0.717, 1.165) is 6.42 Å². The maximum absolute atomic E-state index is 13.2. The quantitative estimate of drug-likeness (QED) is 0.391. The number of phenolic OH excluding ortho intramolecular Hbond substituents is 1. The molecule has 1 N–H and O–H groups in total. The van der Waals surface area contributed by atoms with Crippen LogP contribution in [0.25, 0.3) is 6.08 Å². The Morgan fingerprint density at radius 1 is 1.16 bits per heavy atom. The molecular weight excluding hydrogens is 476 g/mol. The molecule has 7 nitrogen and oxygen atoms in total. The summed E-state index contributed by atoms with van der Waals surface area (Å²) in [5.74, 6) is -0.331. The Hall–Kier alpha value is -3.13. The Morgan fingerprint density at radius 3 is 2.50 bits per heavy atom. The number of carbonyl (C=O) groups is 2. The predicted molar refractivity (Wildman–Crippen MR) is 127 cm³/mol. The van der Waals surface area contributed by atoms with E-state index < -0.39 is 5.97 Å². The predicted octanol–water partition coefficient (Wildman–Crippen LogP) is 5.32. The first-order valence-electron chi connectivity index (χ1n) is 10.5. The van der Waals surface area contributed by atoms with Crippen LogP contribution in [0.5, 0.6) is 11.5 Å². The summed E-state index contributed by atoms with van der Waals surface area (Å²) in [5.41, 5.74) is 2.82. The SMILES string of the molecule is CCCC1=NN(c2ccc(C(=O)OCC)cc2)C(=O)/C1=C/c1cc(Br)c(O)c(OCC)c1. The van der Waals surface area contributed by atoms with Crippen molar-refractivity contribution < 1.29 is 24.2 Å². The van der Waals surface area contributed by atoms with Crippen LogP contribution in [-0.4, -0.2) is 35.9 Å². The van der Waals surface area contributed by atoms with E-state index in [1.54, 1.807) is 49.4 Å². The highest BCUT2D eigenvalue weighted by Gasteiger charge is 2.30. The van der Waals surface area contributed by atoms with Gasteiger partial charge in [0.2, 0.25) is 0 Å². The maximum atomic E-state index is 13.2. The summed E-state index contributed by atoms with van der Waals surface area (Å²) in [6.45, 7) is 6.29. The molecule has 8 heteroatoms. The summed E-state index contributed by atoms with van der Waals surface area (Å²) in [5, 5.41) is 16.0. The normalized spacial score (nSPS) is 14.6. The largest absolute Gasteiger partial charge is 0.503 e. The van der Waals surface area contributed by atoms with E-state index in [4.69, 9.17) is 9.47 Å². The molecule has 2 aromatic carbocycles. The number of carbonyl (C=O) groups excluding carboxylic acids is 2. The summed E-state index contributed by atoms with van der Waals surface area (Å²) in [7, 11) is 0. The molecule has 1 heterocycles. The number of hydrazone groups is 1. The molecule has 2 aromatic rings. The number of ether oxygens (including phenoxy) is 2. The molecule has 32 heavy (non-hydrogen) atoms. The van der Waals surface area contributed by atoms with Gasteiger partial charge >= 0.3 is 5.97 Å². The number of hydrogen-bond donors (Lipinski definition) is 1. The first kappa shape index (κ1) is 23.5. The fourth-order valence-electron chi connectivity index (χ4n) is 3.26. The molecule has 1 aliphatic rings. The van der Waals surface area contributed by atoms with E-state index in [9.17, 15) is 14.7 Å². The second-order valence-electron chi connectivity index (χ2n) is 7.02. The molecule has 168 valence electrons. The van der Waals surface area contributed by atoms with Crippen molar-refractivity contribution in [3.63, 3.8) is 0 Å². The second-order valence-corrected chi connectivity index (χ2v) is 7.88. The third kappa shape index (κ3) is 5.02. The highest BCUT2D eigenvalue weighted by Crippen LogP contribution is 2.37. The molecule has 3 rings (SSSR count). The number of hydrogen-bond acceptors (Lipinski definition) is 6. The second kappa shape index (κ2) is 10.5. The molecule has 0 atom stereocenters. The zero-order valence-corrected chi connectivity index (χ0v) is 19.8. The van der Waals surface area contributed by atoms with E-state index in [2.05, 4.69) is 21.0 Å². The third-order valence-corrected chi connectivity index (χ3v) is 5.33. The standard InChI is InChI=1S/C24H25BrN2O5/c1-4-7-20-18(12-15-13-19(25)22(28)21(14-15)31-5-2)23(29)27(26-20)17-10-8-16(9-11-17)24(30)32-6-3/h8-14,28H,4-7H2,1-3H3/b18-12+. The van der Waals surface area contributed by atoms with Crippen molar-refractivity contribution in [1.29, 1.82) is 0 Å². The Bertz CT molecular complexity index is 1080. The van der Waals surface area contributed by atoms with Crippen molar-refractivity contribution in [2.24, 2.45) is 5.10 Å². The number of esters is 1. The summed E-state index contributed by atoms with van der Waals surface area (Å²) in [4.78, 5) is 25.1. The number of benzene rings is 2. The Balaban J connectivity index is 1.95. The number of phenols is 1. The van der Waals surface area contributed by atoms with Crippen molar-refractivity contribution in [1.82, 2.24) is 0 Å². The monoisotopic (exact) mass is 500 g/mol. The molecule has 0 radical (unpaired) electrons. The van der Waals surface area contributed by atoms with Gasteiger partial charge in [-0.05, 0) is 84.2 Å². The van der Waals surface area contributed by atoms with Crippen LogP contribution < -0.4 is 9.75 Å². The van der Waals surface area contributed by atoms with Crippen LogP contribution in [0.2, 0.25) is 0 Å². The molecule has 0 unspecified atom stereocenters. The third-order valence-electron chi connectivity index (χ3n) is 4.73. The Morgan fingerprint density at radius 2 is 1.88 bits per heavy atom. The fraction of sp³-hybridized carbons (Fsp3) is 0.292. The van der Waals surface area contributed by atoms with Gasteiger partial charge in [-0.2, -0.15) is 10.1 Å². The van der Waals surface area contributed by atoms with Crippen molar-refractivity contribution in [2.45, 2.75) is 33.6 Å². The first-order chi connectivity index (χ1) is 15.4. The van der Waals surface area contributed by atoms with Gasteiger partial charge in [-0.25, -0.2) is 4.79 Å². The van der Waals surface area contributed by atoms with E-state index in [0.29, 0.717) is 58.0 Å². The summed E-state index contributed by atoms with van der Waals surface area (Å²) in [6, 6.07) is 9.98. The Kier molecular flexibility index (Phi) is 7.69. The lowest BCUT2D eigenvalue weighted by atomic mass is 10.0. The average molecular weight is 501 g/mol. The van der Waals surface area contributed by atoms with Gasteiger partial charge in [0.25, 0.3) is 5.91 Å². The van der Waals surface area contributed by atoms with E-state index in [-0.39, 0.29) is 11.7 Å². The van der Waals surface area contributed by atoms with Crippen LogP contribution in [0, 0.1) is 0 Å². The lowest BCUT2D eigenvalue weighted by molar-refractivity contribution is -0.114. The highest BCUT2D eigenvalue weighted by atomic mass is 79.9. The minimum atomic E-state index is -0.412. The fourth-order valence-corrected chi connectivity index (χ4v) is 3.72. The van der Waals surface area contributed by atoms with E-state index >= 15 is 0 Å². The van der Waals surface area contributed by atoms with Gasteiger partial charge in [-0.15, -0.1) is 0 Å². The van der Waals surface area contributed by atoms with Crippen molar-refractivity contribution in [3.8, 4) is 11.5 Å². The van der Waals surface area contributed by atoms with Gasteiger partial charge in [0.05, 0.1) is 40.2 Å². The van der Waals surface area contributed by atoms with Crippen LogP contribution >= 0.6 is 15.9 Å². The van der Waals surface area contributed by atoms with E-state index in [1.165, 1.54) is 5.01 Å². The molecule has 0 aromatic heterocycles. The lowest BCUT2D eigenvalue weighted by Gasteiger charge is -2.12. The number of rotatable bonds is 8. The maximum Gasteiger partial charge on any atom is 0.338 e. The van der Waals surface area contributed by atoms with Gasteiger partial charge in [0.1, 0.15) is 0 Å². The van der Waals surface area contributed by atoms with Crippen LogP contribution in [-0.2, 0) is 9.53 Å². The molecular formula is C24H25BrN2O5. The van der Waals surface area contributed by atoms with E-state index in [1.807, 2.05) is 13.8 Å². The minimum Gasteiger partial charge on any atom is -0.503 e. The zero-order valence-electron chi connectivity index (χ0n) is 18.2. The number of halogens is 1. The van der Waals surface area contributed by atoms with Crippen LogP contribution in [0.15, 0.2) is 51.5 Å². The molecule has 0 saturated heterocycles. The highest BCUT2D eigenvalue weighted by molar-refractivity contribution is 9.10. The summed E-state index contributed by atoms with van der Waals surface area (Å²) in [6.07, 6.45) is 3.20. The van der Waals surface area contributed by atoms with Crippen LogP contribution in [0.3, 0.4) is 0 Å². The van der Waals surface area contributed by atoms with Gasteiger partial charge < -0.3 is 14.6 Å². The number of amides is 1. The summed E-state index contributed by atoms with van der Waals surface area (Å²) >= 11 is 3.33. The van der Waals surface area contributed by atoms with Crippen LogP contribution in [0.4, 0.5) is 5.69 Å². The minimum absolute atomic E-state index is 0.0116. The van der Waals surface area contributed by atoms with Crippen LogP contribution in [0.1, 0.15) is 49.5 Å². The zero-order chi connectivity index (χ0) is 23.3. The molecule has 0 bridgehead atoms. The lowest BCUT2D eigenvalue weighted by Crippen LogP contribution is -2.21. The van der Waals surface area contributed by atoms with Gasteiger partial charge in [-0.1, -0.05) is 13.3 Å². The Labute approximate surface area is 195 Å². The van der Waals surface area contributed by atoms with Gasteiger partial charge in [0, 0.05) is 0 Å². The molecule has 0 aliphatic carbocycles. The number of nitrogens with zero attached hydrogens (tertiary/aromatic N) is 2. The van der Waals surface area contributed by atoms with Crippen molar-refractivity contribution in [3.05, 3.63) is 57.6 Å². The average Bonchev–Trinajstić information content (AvgIpc) is 3.07. The topological polar surface area (TPSA) is 88.4 Å². The molecule has 0 spiro atoms. The summed E-state index contributed by atoms with van der Waals surface area (Å²) < 4.78 is 11.0. The van der Waals surface area contributed by atoms with Gasteiger partial charge in [-0.3, -0.25) is 4.79 Å². The number of anilines is 1.